The minimum Gasteiger partial charge on any atom is -0.633 e. The molecule has 0 amide bonds. The summed E-state index contributed by atoms with van der Waals surface area (Å²) >= 11 is 0. The van der Waals surface area contributed by atoms with Crippen LogP contribution < -0.4 is 0 Å². The van der Waals surface area contributed by atoms with Crippen LogP contribution in [0.3, 0.4) is 0 Å². The Kier molecular flexibility index (Phi) is 8.96. The Morgan fingerprint density at radius 2 is 1.31 bits per heavy atom. The van der Waals surface area contributed by atoms with E-state index in [1.165, 1.54) is 44.9 Å². The lowest BCUT2D eigenvalue weighted by atomic mass is 10.0. The van der Waals surface area contributed by atoms with Gasteiger partial charge in [0, 0.05) is 0 Å². The van der Waals surface area contributed by atoms with Crippen LogP contribution in [0.2, 0.25) is 0 Å². The topological polar surface area (TPSA) is 23.1 Å². The molecule has 1 unspecified atom stereocenters. The molecule has 0 aliphatic carbocycles. The molecule has 0 radical (unpaired) electrons. The van der Waals surface area contributed by atoms with Gasteiger partial charge in [0.05, 0.1) is 20.1 Å². The smallest absolute Gasteiger partial charge is 0.0883 e. The van der Waals surface area contributed by atoms with E-state index in [4.69, 9.17) is 0 Å². The average molecular weight is 229 g/mol. The van der Waals surface area contributed by atoms with Crippen molar-refractivity contribution in [3.05, 3.63) is 5.21 Å². The third-order valence-corrected chi connectivity index (χ3v) is 3.41. The van der Waals surface area contributed by atoms with Crippen LogP contribution >= 0.6 is 0 Å². The summed E-state index contributed by atoms with van der Waals surface area (Å²) in [6.45, 7) is 4.44. The van der Waals surface area contributed by atoms with E-state index in [2.05, 4.69) is 13.8 Å². The Morgan fingerprint density at radius 3 is 1.81 bits per heavy atom. The van der Waals surface area contributed by atoms with E-state index in [1.807, 2.05) is 0 Å². The molecule has 0 aliphatic rings. The van der Waals surface area contributed by atoms with Crippen molar-refractivity contribution >= 4 is 0 Å². The second-order valence-electron chi connectivity index (χ2n) is 5.43. The second kappa shape index (κ2) is 9.00. The molecule has 0 aliphatic heterocycles. The van der Waals surface area contributed by atoms with Crippen LogP contribution in [-0.2, 0) is 0 Å². The highest BCUT2D eigenvalue weighted by Crippen LogP contribution is 2.19. The predicted octanol–water partition coefficient (Wildman–Crippen LogP) is 4.48. The molecule has 98 valence electrons. The second-order valence-corrected chi connectivity index (χ2v) is 5.43. The van der Waals surface area contributed by atoms with Crippen LogP contribution in [0, 0.1) is 5.21 Å². The summed E-state index contributed by atoms with van der Waals surface area (Å²) in [5.41, 5.74) is 0. The molecule has 0 aromatic heterocycles. The number of quaternary nitrogens is 1. The van der Waals surface area contributed by atoms with Gasteiger partial charge in [-0.1, -0.05) is 46.0 Å². The van der Waals surface area contributed by atoms with Gasteiger partial charge in [-0.2, -0.15) is 0 Å². The van der Waals surface area contributed by atoms with Crippen LogP contribution in [0.4, 0.5) is 0 Å². The van der Waals surface area contributed by atoms with Gasteiger partial charge in [0.25, 0.3) is 0 Å². The Labute approximate surface area is 102 Å². The summed E-state index contributed by atoms with van der Waals surface area (Å²) < 4.78 is -0.103. The molecule has 1 atom stereocenters. The van der Waals surface area contributed by atoms with E-state index in [1.54, 1.807) is 14.1 Å². The molecular weight excluding hydrogens is 198 g/mol. The van der Waals surface area contributed by atoms with Crippen LogP contribution in [0.15, 0.2) is 0 Å². The molecule has 0 heterocycles. The Morgan fingerprint density at radius 1 is 0.812 bits per heavy atom. The lowest BCUT2D eigenvalue weighted by Gasteiger charge is -2.42. The lowest BCUT2D eigenvalue weighted by molar-refractivity contribution is -0.867. The maximum Gasteiger partial charge on any atom is 0.0883 e. The first-order valence-electron chi connectivity index (χ1n) is 7.07. The zero-order chi connectivity index (χ0) is 12.4. The number of hydrogen-bond acceptors (Lipinski definition) is 1. The molecule has 0 aromatic rings. The van der Waals surface area contributed by atoms with Crippen molar-refractivity contribution in [3.8, 4) is 0 Å². The van der Waals surface area contributed by atoms with Gasteiger partial charge < -0.3 is 9.85 Å². The molecule has 0 N–H and O–H groups in total. The first-order valence-corrected chi connectivity index (χ1v) is 7.07. The standard InChI is InChI=1S/C14H31NO/c1-5-7-9-10-11-13-14(12-8-6-2)15(3,4)16/h14H,5-13H2,1-4H3. The number of unbranched alkanes of at least 4 members (excludes halogenated alkanes) is 5. The minimum absolute atomic E-state index is 0.103. The van der Waals surface area contributed by atoms with Gasteiger partial charge in [0.15, 0.2) is 0 Å². The molecule has 0 bridgehead atoms. The molecule has 16 heavy (non-hydrogen) atoms. The number of rotatable bonds is 10. The normalized spacial score (nSPS) is 14.1. The molecule has 0 fully saturated rings. The van der Waals surface area contributed by atoms with E-state index in [9.17, 15) is 5.21 Å². The largest absolute Gasteiger partial charge is 0.633 e. The fraction of sp³-hybridized carbons (Fsp3) is 1.00. The van der Waals surface area contributed by atoms with Gasteiger partial charge >= 0.3 is 0 Å². The number of hydroxylamine groups is 3. The molecular formula is C14H31NO. The molecule has 0 saturated heterocycles. The van der Waals surface area contributed by atoms with E-state index in [-0.39, 0.29) is 4.65 Å². The summed E-state index contributed by atoms with van der Waals surface area (Å²) in [6.07, 6.45) is 11.1. The zero-order valence-electron chi connectivity index (χ0n) is 11.8. The average Bonchev–Trinajstić information content (AvgIpc) is 2.20. The van der Waals surface area contributed by atoms with Gasteiger partial charge in [-0.05, 0) is 25.7 Å². The zero-order valence-corrected chi connectivity index (χ0v) is 11.8. The highest BCUT2D eigenvalue weighted by Gasteiger charge is 2.18. The molecule has 2 nitrogen and oxygen atoms in total. The van der Waals surface area contributed by atoms with Gasteiger partial charge in [-0.15, -0.1) is 0 Å². The van der Waals surface area contributed by atoms with E-state index < -0.39 is 0 Å². The maximum absolute atomic E-state index is 12.0. The quantitative estimate of drug-likeness (QED) is 0.308. The minimum atomic E-state index is -0.103. The Hall–Kier alpha value is -0.0800. The summed E-state index contributed by atoms with van der Waals surface area (Å²) in [4.78, 5) is 0. The summed E-state index contributed by atoms with van der Waals surface area (Å²) in [5, 5.41) is 12.0. The summed E-state index contributed by atoms with van der Waals surface area (Å²) in [5.74, 6) is 0. The predicted molar refractivity (Wildman–Crippen MR) is 72.2 cm³/mol. The van der Waals surface area contributed by atoms with Crippen molar-refractivity contribution in [1.29, 1.82) is 0 Å². The number of nitrogens with zero attached hydrogens (tertiary/aromatic N) is 1. The van der Waals surface area contributed by atoms with Crippen molar-refractivity contribution in [2.75, 3.05) is 14.1 Å². The van der Waals surface area contributed by atoms with E-state index in [0.717, 1.165) is 12.8 Å². The SMILES string of the molecule is CCCCCCCC(CCCC)[N+](C)(C)[O-]. The van der Waals surface area contributed by atoms with Crippen LogP contribution in [0.1, 0.15) is 71.6 Å². The van der Waals surface area contributed by atoms with Crippen molar-refractivity contribution < 1.29 is 4.65 Å². The van der Waals surface area contributed by atoms with E-state index in [0.29, 0.717) is 6.04 Å². The first-order chi connectivity index (χ1) is 7.52. The molecule has 0 aromatic carbocycles. The van der Waals surface area contributed by atoms with E-state index >= 15 is 0 Å². The Bertz CT molecular complexity index is 151. The van der Waals surface area contributed by atoms with Crippen molar-refractivity contribution in [1.82, 2.24) is 0 Å². The highest BCUT2D eigenvalue weighted by atomic mass is 16.5. The van der Waals surface area contributed by atoms with Gasteiger partial charge in [0.2, 0.25) is 0 Å². The van der Waals surface area contributed by atoms with Crippen molar-refractivity contribution in [3.63, 3.8) is 0 Å². The fourth-order valence-corrected chi connectivity index (χ4v) is 2.19. The van der Waals surface area contributed by atoms with Crippen LogP contribution in [0.5, 0.6) is 0 Å². The third-order valence-electron chi connectivity index (χ3n) is 3.41. The molecule has 0 saturated carbocycles. The third kappa shape index (κ3) is 8.12. The van der Waals surface area contributed by atoms with Gasteiger partial charge in [-0.25, -0.2) is 0 Å². The molecule has 0 spiro atoms. The molecule has 0 rings (SSSR count). The highest BCUT2D eigenvalue weighted by molar-refractivity contribution is 4.60. The number of hydrogen-bond donors (Lipinski definition) is 0. The summed E-state index contributed by atoms with van der Waals surface area (Å²) in [7, 11) is 3.60. The van der Waals surface area contributed by atoms with Crippen LogP contribution in [0.25, 0.3) is 0 Å². The monoisotopic (exact) mass is 229 g/mol. The van der Waals surface area contributed by atoms with Crippen LogP contribution in [-0.4, -0.2) is 24.8 Å². The lowest BCUT2D eigenvalue weighted by Crippen LogP contribution is -2.43. The molecule has 2 heteroatoms. The Balaban J connectivity index is 3.75. The van der Waals surface area contributed by atoms with Gasteiger partial charge in [0.1, 0.15) is 0 Å². The fourth-order valence-electron chi connectivity index (χ4n) is 2.19. The van der Waals surface area contributed by atoms with Crippen molar-refractivity contribution in [2.45, 2.75) is 77.7 Å². The van der Waals surface area contributed by atoms with Gasteiger partial charge in [-0.3, -0.25) is 0 Å². The van der Waals surface area contributed by atoms with Crippen molar-refractivity contribution in [2.24, 2.45) is 0 Å². The maximum atomic E-state index is 12.0. The summed E-state index contributed by atoms with van der Waals surface area (Å²) in [6, 6.07) is 0.321. The first kappa shape index (κ1) is 15.9.